The fourth-order valence-electron chi connectivity index (χ4n) is 2.81. The number of hydrogen-bond acceptors (Lipinski definition) is 6. The molecule has 2 aromatic carbocycles. The van der Waals surface area contributed by atoms with Gasteiger partial charge in [0.1, 0.15) is 25.3 Å². The van der Waals surface area contributed by atoms with E-state index in [1.165, 1.54) is 37.6 Å². The molecule has 2 heterocycles. The second-order valence-electron chi connectivity index (χ2n) is 6.22. The normalized spacial score (nSPS) is 13.7. The largest absolute Gasteiger partial charge is 0.486 e. The molecule has 0 amide bonds. The zero-order valence-corrected chi connectivity index (χ0v) is 15.8. The summed E-state index contributed by atoms with van der Waals surface area (Å²) in [5.41, 5.74) is 0.881. The Morgan fingerprint density at radius 1 is 1.11 bits per heavy atom. The second kappa shape index (κ2) is 7.25. The molecule has 9 heteroatoms. The summed E-state index contributed by atoms with van der Waals surface area (Å²) in [6.45, 7) is 0.794. The minimum atomic E-state index is -3.78. The third-order valence-electron chi connectivity index (χ3n) is 4.23. The fraction of sp³-hybridized carbons (Fsp3) is 0.211. The smallest absolute Gasteiger partial charge is 0.243 e. The predicted molar refractivity (Wildman–Crippen MR) is 98.0 cm³/mol. The molecular weight excluding hydrogens is 387 g/mol. The van der Waals surface area contributed by atoms with Crippen LogP contribution in [0.1, 0.15) is 5.69 Å². The third kappa shape index (κ3) is 3.58. The number of fused-ring (bicyclic) bond motifs is 1. The summed E-state index contributed by atoms with van der Waals surface area (Å²) in [6, 6.07) is 10.3. The van der Waals surface area contributed by atoms with Crippen molar-refractivity contribution in [1.82, 2.24) is 9.29 Å². The van der Waals surface area contributed by atoms with Gasteiger partial charge in [-0.15, -0.1) is 0 Å². The average molecular weight is 404 g/mol. The number of halogens is 1. The van der Waals surface area contributed by atoms with Crippen LogP contribution < -0.4 is 9.47 Å². The minimum Gasteiger partial charge on any atom is -0.486 e. The molecule has 0 fully saturated rings. The average Bonchev–Trinajstić information content (AvgIpc) is 3.16. The van der Waals surface area contributed by atoms with Gasteiger partial charge in [0.25, 0.3) is 0 Å². The molecule has 0 spiro atoms. The Labute approximate surface area is 161 Å². The van der Waals surface area contributed by atoms with Crippen molar-refractivity contribution >= 4 is 10.0 Å². The Balaban J connectivity index is 1.54. The van der Waals surface area contributed by atoms with Crippen LogP contribution in [-0.4, -0.2) is 38.0 Å². The van der Waals surface area contributed by atoms with Gasteiger partial charge in [0.15, 0.2) is 11.5 Å². The van der Waals surface area contributed by atoms with E-state index < -0.39 is 15.8 Å². The molecule has 1 aliphatic heterocycles. The van der Waals surface area contributed by atoms with Gasteiger partial charge in [-0.1, -0.05) is 6.07 Å². The highest BCUT2D eigenvalue weighted by atomic mass is 32.2. The zero-order chi connectivity index (χ0) is 19.7. The van der Waals surface area contributed by atoms with E-state index in [2.05, 4.69) is 4.98 Å². The van der Waals surface area contributed by atoms with Gasteiger partial charge in [0, 0.05) is 18.7 Å². The lowest BCUT2D eigenvalue weighted by Gasteiger charge is -2.20. The molecule has 1 aliphatic rings. The maximum atomic E-state index is 13.4. The predicted octanol–water partition coefficient (Wildman–Crippen LogP) is 3.07. The summed E-state index contributed by atoms with van der Waals surface area (Å²) in [5.74, 6) is 0.731. The first kappa shape index (κ1) is 18.5. The highest BCUT2D eigenvalue weighted by molar-refractivity contribution is 7.89. The number of hydrogen-bond donors (Lipinski definition) is 0. The number of sulfonamides is 1. The Morgan fingerprint density at radius 3 is 2.68 bits per heavy atom. The molecule has 0 N–H and O–H groups in total. The van der Waals surface area contributed by atoms with Crippen LogP contribution in [0.5, 0.6) is 11.5 Å². The molecule has 0 aliphatic carbocycles. The van der Waals surface area contributed by atoms with Crippen molar-refractivity contribution in [3.05, 3.63) is 60.2 Å². The second-order valence-corrected chi connectivity index (χ2v) is 8.27. The summed E-state index contributed by atoms with van der Waals surface area (Å²) in [4.78, 5) is 4.35. The molecule has 4 rings (SSSR count). The fourth-order valence-corrected chi connectivity index (χ4v) is 3.97. The molecule has 28 heavy (non-hydrogen) atoms. The molecule has 1 aromatic heterocycles. The minimum absolute atomic E-state index is 0.00437. The SMILES string of the molecule is CN(Cc1coc(-c2cccc(F)c2)n1)S(=O)(=O)c1ccc2c(c1)OCCO2. The van der Waals surface area contributed by atoms with Crippen molar-refractivity contribution in [1.29, 1.82) is 0 Å². The van der Waals surface area contributed by atoms with Gasteiger partial charge in [0.2, 0.25) is 15.9 Å². The molecule has 0 bridgehead atoms. The number of oxazole rings is 1. The molecular formula is C19H17FN2O5S. The van der Waals surface area contributed by atoms with Gasteiger partial charge in [-0.25, -0.2) is 17.8 Å². The Hall–Kier alpha value is -2.91. The van der Waals surface area contributed by atoms with Crippen molar-refractivity contribution in [2.75, 3.05) is 20.3 Å². The van der Waals surface area contributed by atoms with Crippen LogP contribution in [0.25, 0.3) is 11.5 Å². The van der Waals surface area contributed by atoms with Crippen LogP contribution >= 0.6 is 0 Å². The van der Waals surface area contributed by atoms with Gasteiger partial charge in [-0.05, 0) is 30.3 Å². The van der Waals surface area contributed by atoms with Crippen LogP contribution in [0, 0.1) is 5.82 Å². The van der Waals surface area contributed by atoms with Crippen LogP contribution in [0.15, 0.2) is 58.0 Å². The lowest BCUT2D eigenvalue weighted by Crippen LogP contribution is -2.27. The number of aromatic nitrogens is 1. The number of nitrogens with zero attached hydrogens (tertiary/aromatic N) is 2. The molecule has 0 unspecified atom stereocenters. The van der Waals surface area contributed by atoms with Crippen molar-refractivity contribution in [3.63, 3.8) is 0 Å². The lowest BCUT2D eigenvalue weighted by molar-refractivity contribution is 0.171. The standard InChI is InChI=1S/C19H17FN2O5S/c1-22(11-15-12-27-19(21-15)13-3-2-4-14(20)9-13)28(23,24)16-5-6-17-18(10-16)26-8-7-25-17/h2-6,9-10,12H,7-8,11H2,1H3. The van der Waals surface area contributed by atoms with Gasteiger partial charge in [-0.2, -0.15) is 4.31 Å². The summed E-state index contributed by atoms with van der Waals surface area (Å²) in [7, 11) is -2.33. The van der Waals surface area contributed by atoms with Crippen LogP contribution in [-0.2, 0) is 16.6 Å². The summed E-state index contributed by atoms with van der Waals surface area (Å²) in [6.07, 6.45) is 1.36. The van der Waals surface area contributed by atoms with E-state index in [9.17, 15) is 12.8 Å². The Kier molecular flexibility index (Phi) is 4.78. The molecule has 0 atom stereocenters. The highest BCUT2D eigenvalue weighted by Crippen LogP contribution is 2.33. The number of ether oxygens (including phenoxy) is 2. The van der Waals surface area contributed by atoms with Crippen LogP contribution in [0.3, 0.4) is 0 Å². The first-order chi connectivity index (χ1) is 13.4. The van der Waals surface area contributed by atoms with E-state index in [1.54, 1.807) is 18.2 Å². The van der Waals surface area contributed by atoms with Crippen molar-refractivity contribution in [2.45, 2.75) is 11.4 Å². The van der Waals surface area contributed by atoms with Crippen molar-refractivity contribution in [3.8, 4) is 23.0 Å². The topological polar surface area (TPSA) is 81.9 Å². The van der Waals surface area contributed by atoms with E-state index in [4.69, 9.17) is 13.9 Å². The van der Waals surface area contributed by atoms with E-state index in [1.807, 2.05) is 0 Å². The summed E-state index contributed by atoms with van der Waals surface area (Å²) >= 11 is 0. The summed E-state index contributed by atoms with van der Waals surface area (Å²) in [5, 5.41) is 0. The van der Waals surface area contributed by atoms with Gasteiger partial charge < -0.3 is 13.9 Å². The molecule has 3 aromatic rings. The highest BCUT2D eigenvalue weighted by Gasteiger charge is 2.25. The lowest BCUT2D eigenvalue weighted by atomic mass is 10.2. The molecule has 0 radical (unpaired) electrons. The van der Waals surface area contributed by atoms with Crippen LogP contribution in [0.2, 0.25) is 0 Å². The Bertz CT molecular complexity index is 1110. The number of rotatable bonds is 5. The maximum Gasteiger partial charge on any atom is 0.243 e. The summed E-state index contributed by atoms with van der Waals surface area (Å²) < 4.78 is 56.5. The van der Waals surface area contributed by atoms with E-state index >= 15 is 0 Å². The van der Waals surface area contributed by atoms with Gasteiger partial charge >= 0.3 is 0 Å². The monoisotopic (exact) mass is 404 g/mol. The first-order valence-corrected chi connectivity index (χ1v) is 9.94. The van der Waals surface area contributed by atoms with E-state index in [-0.39, 0.29) is 17.3 Å². The van der Waals surface area contributed by atoms with Crippen molar-refractivity contribution in [2.24, 2.45) is 0 Å². The van der Waals surface area contributed by atoms with E-state index in [0.717, 1.165) is 4.31 Å². The molecule has 7 nitrogen and oxygen atoms in total. The third-order valence-corrected chi connectivity index (χ3v) is 6.03. The van der Waals surface area contributed by atoms with Crippen molar-refractivity contribution < 1.29 is 26.7 Å². The molecule has 0 saturated heterocycles. The van der Waals surface area contributed by atoms with Gasteiger partial charge in [0.05, 0.1) is 17.1 Å². The Morgan fingerprint density at radius 2 is 1.89 bits per heavy atom. The zero-order valence-electron chi connectivity index (χ0n) is 15.0. The maximum absolute atomic E-state index is 13.4. The number of benzene rings is 2. The quantitative estimate of drug-likeness (QED) is 0.650. The van der Waals surface area contributed by atoms with Gasteiger partial charge in [-0.3, -0.25) is 0 Å². The van der Waals surface area contributed by atoms with E-state index in [0.29, 0.717) is 36.0 Å². The molecule has 146 valence electrons. The molecule has 0 saturated carbocycles. The first-order valence-electron chi connectivity index (χ1n) is 8.50. The van der Waals surface area contributed by atoms with Crippen LogP contribution in [0.4, 0.5) is 4.39 Å².